The van der Waals surface area contributed by atoms with Crippen LogP contribution in [-0.4, -0.2) is 21.0 Å². The van der Waals surface area contributed by atoms with E-state index in [4.69, 9.17) is 14.5 Å². The zero-order valence-electron chi connectivity index (χ0n) is 9.07. The second kappa shape index (κ2) is 4.97. The van der Waals surface area contributed by atoms with Crippen LogP contribution in [0.5, 0.6) is 5.75 Å². The molecule has 16 heavy (non-hydrogen) atoms. The fourth-order valence-corrected chi connectivity index (χ4v) is 1.75. The van der Waals surface area contributed by atoms with Gasteiger partial charge >= 0.3 is 7.60 Å². The molecule has 0 aliphatic rings. The van der Waals surface area contributed by atoms with Crippen LogP contribution >= 0.6 is 7.60 Å². The van der Waals surface area contributed by atoms with Gasteiger partial charge in [0.2, 0.25) is 0 Å². The lowest BCUT2D eigenvalue weighted by Gasteiger charge is -2.14. The third-order valence-corrected chi connectivity index (χ3v) is 2.80. The first-order valence-corrected chi connectivity index (χ1v) is 6.49. The molecule has 90 valence electrons. The molecule has 0 spiro atoms. The standard InChI is InChI=1S/C10H15O5P/c1-7(2)15-9-5-3-8(4-6-9)10(11)16(12,13)14/h3-7,10-11H,1-2H3,(H2,12,13,14). The highest BCUT2D eigenvalue weighted by Gasteiger charge is 2.27. The van der Waals surface area contributed by atoms with Gasteiger partial charge in [0, 0.05) is 0 Å². The molecule has 1 aromatic carbocycles. The highest BCUT2D eigenvalue weighted by Crippen LogP contribution is 2.49. The summed E-state index contributed by atoms with van der Waals surface area (Å²) in [5.41, 5.74) is 0.171. The van der Waals surface area contributed by atoms with Crippen molar-refractivity contribution in [2.45, 2.75) is 25.8 Å². The van der Waals surface area contributed by atoms with Crippen LogP contribution in [0.4, 0.5) is 0 Å². The second-order valence-corrected chi connectivity index (χ2v) is 5.37. The molecular formula is C10H15O5P. The van der Waals surface area contributed by atoms with Crippen molar-refractivity contribution in [1.82, 2.24) is 0 Å². The van der Waals surface area contributed by atoms with E-state index >= 15 is 0 Å². The van der Waals surface area contributed by atoms with Crippen molar-refractivity contribution >= 4 is 7.60 Å². The molecule has 0 aromatic heterocycles. The summed E-state index contributed by atoms with van der Waals surface area (Å²) in [7, 11) is -4.51. The maximum atomic E-state index is 10.8. The topological polar surface area (TPSA) is 87.0 Å². The van der Waals surface area contributed by atoms with E-state index in [-0.39, 0.29) is 11.7 Å². The first kappa shape index (κ1) is 13.2. The van der Waals surface area contributed by atoms with Gasteiger partial charge in [-0.1, -0.05) is 12.1 Å². The minimum Gasteiger partial charge on any atom is -0.491 e. The third kappa shape index (κ3) is 3.61. The summed E-state index contributed by atoms with van der Waals surface area (Å²) in [4.78, 5) is 17.6. The molecule has 0 saturated heterocycles. The van der Waals surface area contributed by atoms with E-state index in [0.717, 1.165) is 0 Å². The summed E-state index contributed by atoms with van der Waals surface area (Å²) in [5, 5.41) is 9.33. The van der Waals surface area contributed by atoms with Gasteiger partial charge < -0.3 is 19.6 Å². The van der Waals surface area contributed by atoms with Crippen molar-refractivity contribution in [3.63, 3.8) is 0 Å². The van der Waals surface area contributed by atoms with Crippen LogP contribution in [0.15, 0.2) is 24.3 Å². The average Bonchev–Trinajstić information content (AvgIpc) is 2.15. The lowest BCUT2D eigenvalue weighted by Crippen LogP contribution is -2.05. The highest BCUT2D eigenvalue weighted by molar-refractivity contribution is 7.51. The SMILES string of the molecule is CC(C)Oc1ccc(C(O)P(=O)(O)O)cc1. The Morgan fingerprint density at radius 3 is 2.06 bits per heavy atom. The number of aliphatic hydroxyl groups is 1. The lowest BCUT2D eigenvalue weighted by atomic mass is 10.2. The zero-order chi connectivity index (χ0) is 12.3. The lowest BCUT2D eigenvalue weighted by molar-refractivity contribution is 0.205. The molecule has 6 heteroatoms. The van der Waals surface area contributed by atoms with Gasteiger partial charge in [0.15, 0.2) is 5.85 Å². The van der Waals surface area contributed by atoms with Crippen LogP contribution in [0.3, 0.4) is 0 Å². The van der Waals surface area contributed by atoms with Gasteiger partial charge in [0.05, 0.1) is 6.10 Å². The molecule has 0 aliphatic carbocycles. The molecule has 0 fully saturated rings. The van der Waals surface area contributed by atoms with Crippen molar-refractivity contribution in [1.29, 1.82) is 0 Å². The zero-order valence-corrected chi connectivity index (χ0v) is 9.96. The first-order valence-electron chi connectivity index (χ1n) is 4.80. The molecule has 1 unspecified atom stereocenters. The Balaban J connectivity index is 2.83. The van der Waals surface area contributed by atoms with E-state index < -0.39 is 13.4 Å². The van der Waals surface area contributed by atoms with Gasteiger partial charge in [-0.3, -0.25) is 4.57 Å². The predicted octanol–water partition coefficient (Wildman–Crippen LogP) is 1.64. The molecule has 0 amide bonds. The number of hydrogen-bond acceptors (Lipinski definition) is 3. The Labute approximate surface area is 93.9 Å². The van der Waals surface area contributed by atoms with Gasteiger partial charge in [-0.05, 0) is 31.5 Å². The van der Waals surface area contributed by atoms with E-state index in [9.17, 15) is 9.67 Å². The Hall–Kier alpha value is -0.870. The van der Waals surface area contributed by atoms with E-state index in [1.54, 1.807) is 12.1 Å². The van der Waals surface area contributed by atoms with E-state index in [2.05, 4.69) is 0 Å². The summed E-state index contributed by atoms with van der Waals surface area (Å²) in [5.74, 6) is -1.18. The fourth-order valence-electron chi connectivity index (χ4n) is 1.18. The van der Waals surface area contributed by atoms with Crippen LogP contribution in [-0.2, 0) is 4.57 Å². The quantitative estimate of drug-likeness (QED) is 0.703. The number of rotatable bonds is 4. The van der Waals surface area contributed by atoms with E-state index in [1.165, 1.54) is 12.1 Å². The molecule has 1 atom stereocenters. The monoisotopic (exact) mass is 246 g/mol. The van der Waals surface area contributed by atoms with Crippen molar-refractivity contribution < 1.29 is 24.2 Å². The predicted molar refractivity (Wildman–Crippen MR) is 59.2 cm³/mol. The second-order valence-electron chi connectivity index (χ2n) is 3.70. The van der Waals surface area contributed by atoms with Crippen LogP contribution in [0.25, 0.3) is 0 Å². The Morgan fingerprint density at radius 2 is 1.69 bits per heavy atom. The highest BCUT2D eigenvalue weighted by atomic mass is 31.2. The first-order chi connectivity index (χ1) is 7.30. The maximum Gasteiger partial charge on any atom is 0.358 e. The molecule has 1 rings (SSSR count). The minimum absolute atomic E-state index is 0.0255. The van der Waals surface area contributed by atoms with Gasteiger partial charge in [-0.2, -0.15) is 0 Å². The number of ether oxygens (including phenoxy) is 1. The number of aliphatic hydroxyl groups excluding tert-OH is 1. The van der Waals surface area contributed by atoms with Crippen LogP contribution in [0.1, 0.15) is 25.3 Å². The largest absolute Gasteiger partial charge is 0.491 e. The van der Waals surface area contributed by atoms with E-state index in [1.807, 2.05) is 13.8 Å². The summed E-state index contributed by atoms with van der Waals surface area (Å²) >= 11 is 0. The molecule has 0 radical (unpaired) electrons. The summed E-state index contributed by atoms with van der Waals surface area (Å²) in [6.45, 7) is 3.75. The Bertz CT molecular complexity index is 381. The molecule has 1 aromatic rings. The van der Waals surface area contributed by atoms with Gasteiger partial charge in [0.25, 0.3) is 0 Å². The van der Waals surface area contributed by atoms with Crippen LogP contribution in [0, 0.1) is 0 Å². The number of benzene rings is 1. The Morgan fingerprint density at radius 1 is 1.19 bits per heavy atom. The summed E-state index contributed by atoms with van der Waals surface area (Å²) in [6, 6.07) is 5.99. The molecule has 0 saturated carbocycles. The molecule has 3 N–H and O–H groups in total. The maximum absolute atomic E-state index is 10.8. The van der Waals surface area contributed by atoms with Crippen LogP contribution in [0.2, 0.25) is 0 Å². The normalized spacial score (nSPS) is 13.9. The molecule has 0 bridgehead atoms. The molecular weight excluding hydrogens is 231 g/mol. The van der Waals surface area contributed by atoms with Crippen molar-refractivity contribution in [2.75, 3.05) is 0 Å². The average molecular weight is 246 g/mol. The van der Waals surface area contributed by atoms with Gasteiger partial charge in [0.1, 0.15) is 5.75 Å². The molecule has 5 nitrogen and oxygen atoms in total. The van der Waals surface area contributed by atoms with Crippen molar-refractivity contribution in [3.8, 4) is 5.75 Å². The van der Waals surface area contributed by atoms with Gasteiger partial charge in [-0.25, -0.2) is 0 Å². The summed E-state index contributed by atoms with van der Waals surface area (Å²) in [6.07, 6.45) is 0.0255. The van der Waals surface area contributed by atoms with Crippen molar-refractivity contribution in [3.05, 3.63) is 29.8 Å². The van der Waals surface area contributed by atoms with E-state index in [0.29, 0.717) is 5.75 Å². The third-order valence-electron chi connectivity index (χ3n) is 1.87. The fraction of sp³-hybridized carbons (Fsp3) is 0.400. The molecule has 0 aliphatic heterocycles. The van der Waals surface area contributed by atoms with Crippen LogP contribution < -0.4 is 4.74 Å². The smallest absolute Gasteiger partial charge is 0.358 e. The Kier molecular flexibility index (Phi) is 4.10. The van der Waals surface area contributed by atoms with Gasteiger partial charge in [-0.15, -0.1) is 0 Å². The number of hydrogen-bond donors (Lipinski definition) is 3. The van der Waals surface area contributed by atoms with Crippen molar-refractivity contribution in [2.24, 2.45) is 0 Å². The molecule has 0 heterocycles. The summed E-state index contributed by atoms with van der Waals surface area (Å²) < 4.78 is 16.2. The minimum atomic E-state index is -4.51.